The Labute approximate surface area is 101 Å². The summed E-state index contributed by atoms with van der Waals surface area (Å²) in [6.07, 6.45) is 1.02. The minimum atomic E-state index is 0.159. The highest BCUT2D eigenvalue weighted by atomic mass is 79.9. The third-order valence-corrected chi connectivity index (χ3v) is 4.27. The second-order valence-electron chi connectivity index (χ2n) is 4.51. The second-order valence-corrected chi connectivity index (χ2v) is 6.22. The maximum absolute atomic E-state index is 6.14. The Bertz CT molecular complexity index is 385. The molecule has 0 heterocycles. The number of rotatable bonds is 0. The molecule has 0 aromatic heterocycles. The average Bonchev–Trinajstić information content (AvgIpc) is 2.30. The fraction of sp³-hybridized carbons (Fsp3) is 0.455. The van der Waals surface area contributed by atoms with Gasteiger partial charge in [-0.3, -0.25) is 0 Å². The number of benzene rings is 1. The van der Waals surface area contributed by atoms with E-state index in [-0.39, 0.29) is 11.5 Å². The number of hydrogen-bond donors (Lipinski definition) is 1. The highest BCUT2D eigenvalue weighted by Crippen LogP contribution is 2.49. The standard InChI is InChI=1S/C11H13Br2N/c1-11(2)5-8(14)9-6(12)3-4-7(13)10(9)11/h3-4,8H,5,14H2,1-2H3. The van der Waals surface area contributed by atoms with Gasteiger partial charge in [0.2, 0.25) is 0 Å². The number of fused-ring (bicyclic) bond motifs is 1. The zero-order chi connectivity index (χ0) is 10.5. The minimum absolute atomic E-state index is 0.159. The molecule has 14 heavy (non-hydrogen) atoms. The molecule has 0 saturated heterocycles. The Morgan fingerprint density at radius 2 is 1.86 bits per heavy atom. The van der Waals surface area contributed by atoms with Crippen molar-refractivity contribution in [3.8, 4) is 0 Å². The summed E-state index contributed by atoms with van der Waals surface area (Å²) in [4.78, 5) is 0. The first-order chi connectivity index (χ1) is 6.43. The van der Waals surface area contributed by atoms with Gasteiger partial charge in [0.25, 0.3) is 0 Å². The van der Waals surface area contributed by atoms with Crippen LogP contribution in [0.15, 0.2) is 21.1 Å². The van der Waals surface area contributed by atoms with Gasteiger partial charge < -0.3 is 5.73 Å². The molecule has 1 aromatic carbocycles. The van der Waals surface area contributed by atoms with Gasteiger partial charge in [0, 0.05) is 15.0 Å². The van der Waals surface area contributed by atoms with Crippen LogP contribution < -0.4 is 5.73 Å². The molecule has 1 aliphatic rings. The van der Waals surface area contributed by atoms with E-state index in [0.29, 0.717) is 0 Å². The molecule has 1 aromatic rings. The highest BCUT2D eigenvalue weighted by molar-refractivity contribution is 9.11. The van der Waals surface area contributed by atoms with Crippen molar-refractivity contribution in [2.75, 3.05) is 0 Å². The van der Waals surface area contributed by atoms with Crippen LogP contribution in [0, 0.1) is 0 Å². The predicted molar refractivity (Wildman–Crippen MR) is 66.4 cm³/mol. The topological polar surface area (TPSA) is 26.0 Å². The lowest BCUT2D eigenvalue weighted by atomic mass is 9.86. The second kappa shape index (κ2) is 3.32. The van der Waals surface area contributed by atoms with E-state index in [4.69, 9.17) is 5.73 Å². The van der Waals surface area contributed by atoms with Gasteiger partial charge in [-0.15, -0.1) is 0 Å². The van der Waals surface area contributed by atoms with Gasteiger partial charge in [-0.05, 0) is 35.1 Å². The van der Waals surface area contributed by atoms with Gasteiger partial charge in [-0.2, -0.15) is 0 Å². The minimum Gasteiger partial charge on any atom is -0.324 e. The van der Waals surface area contributed by atoms with E-state index >= 15 is 0 Å². The van der Waals surface area contributed by atoms with Crippen LogP contribution in [0.25, 0.3) is 0 Å². The van der Waals surface area contributed by atoms with Crippen molar-refractivity contribution in [2.24, 2.45) is 5.73 Å². The summed E-state index contributed by atoms with van der Waals surface area (Å²) in [5, 5.41) is 0. The quantitative estimate of drug-likeness (QED) is 0.771. The Morgan fingerprint density at radius 1 is 1.29 bits per heavy atom. The van der Waals surface area contributed by atoms with Crippen LogP contribution in [-0.2, 0) is 5.41 Å². The van der Waals surface area contributed by atoms with Gasteiger partial charge in [-0.25, -0.2) is 0 Å². The summed E-state index contributed by atoms with van der Waals surface area (Å²) < 4.78 is 2.31. The summed E-state index contributed by atoms with van der Waals surface area (Å²) in [5.74, 6) is 0. The van der Waals surface area contributed by atoms with Crippen molar-refractivity contribution >= 4 is 31.9 Å². The fourth-order valence-electron chi connectivity index (χ4n) is 2.37. The van der Waals surface area contributed by atoms with Crippen molar-refractivity contribution in [3.05, 3.63) is 32.2 Å². The zero-order valence-electron chi connectivity index (χ0n) is 8.27. The molecular weight excluding hydrogens is 306 g/mol. The first-order valence-corrected chi connectivity index (χ1v) is 6.26. The number of halogens is 2. The molecule has 0 fully saturated rings. The molecule has 0 saturated carbocycles. The van der Waals surface area contributed by atoms with Crippen molar-refractivity contribution in [3.63, 3.8) is 0 Å². The van der Waals surface area contributed by atoms with Gasteiger partial charge in [0.1, 0.15) is 0 Å². The van der Waals surface area contributed by atoms with E-state index in [0.717, 1.165) is 10.9 Å². The third kappa shape index (κ3) is 1.46. The fourth-order valence-corrected chi connectivity index (χ4v) is 3.88. The van der Waals surface area contributed by atoms with Crippen molar-refractivity contribution in [1.29, 1.82) is 0 Å². The van der Waals surface area contributed by atoms with E-state index in [9.17, 15) is 0 Å². The lowest BCUT2D eigenvalue weighted by Crippen LogP contribution is -2.14. The number of hydrogen-bond acceptors (Lipinski definition) is 1. The van der Waals surface area contributed by atoms with E-state index in [1.807, 2.05) is 0 Å². The van der Waals surface area contributed by atoms with Crippen LogP contribution in [0.5, 0.6) is 0 Å². The van der Waals surface area contributed by atoms with Crippen molar-refractivity contribution in [2.45, 2.75) is 31.7 Å². The average molecular weight is 319 g/mol. The molecule has 0 radical (unpaired) electrons. The van der Waals surface area contributed by atoms with Crippen LogP contribution in [-0.4, -0.2) is 0 Å². The molecule has 2 N–H and O–H groups in total. The van der Waals surface area contributed by atoms with E-state index < -0.39 is 0 Å². The molecule has 1 atom stereocenters. The predicted octanol–water partition coefficient (Wildman–Crippen LogP) is 3.89. The molecule has 2 rings (SSSR count). The summed E-state index contributed by atoms with van der Waals surface area (Å²) >= 11 is 7.18. The number of nitrogens with two attached hydrogens (primary N) is 1. The van der Waals surface area contributed by atoms with Crippen LogP contribution in [0.1, 0.15) is 37.4 Å². The monoisotopic (exact) mass is 317 g/mol. The first-order valence-electron chi connectivity index (χ1n) is 4.67. The summed E-state index contributed by atoms with van der Waals surface area (Å²) in [6.45, 7) is 4.49. The third-order valence-electron chi connectivity index (χ3n) is 2.92. The normalized spacial score (nSPS) is 23.6. The summed E-state index contributed by atoms with van der Waals surface area (Å²) in [6, 6.07) is 4.30. The molecular formula is C11H13Br2N. The Hall–Kier alpha value is 0.140. The Morgan fingerprint density at radius 3 is 2.43 bits per heavy atom. The molecule has 1 nitrogen and oxygen atoms in total. The molecule has 1 aliphatic carbocycles. The van der Waals surface area contributed by atoms with Gasteiger partial charge >= 0.3 is 0 Å². The SMILES string of the molecule is CC1(C)CC(N)c2c(Br)ccc(Br)c21. The van der Waals surface area contributed by atoms with E-state index in [1.54, 1.807) is 0 Å². The smallest absolute Gasteiger partial charge is 0.0317 e. The molecule has 0 spiro atoms. The molecule has 0 bridgehead atoms. The lowest BCUT2D eigenvalue weighted by Gasteiger charge is -2.20. The molecule has 1 unspecified atom stereocenters. The van der Waals surface area contributed by atoms with E-state index in [1.165, 1.54) is 15.6 Å². The first kappa shape index (κ1) is 10.7. The van der Waals surface area contributed by atoms with Crippen molar-refractivity contribution in [1.82, 2.24) is 0 Å². The highest BCUT2D eigenvalue weighted by Gasteiger charge is 2.37. The van der Waals surface area contributed by atoms with E-state index in [2.05, 4.69) is 57.8 Å². The van der Waals surface area contributed by atoms with Crippen LogP contribution in [0.4, 0.5) is 0 Å². The summed E-state index contributed by atoms with van der Waals surface area (Å²) in [7, 11) is 0. The molecule has 0 aliphatic heterocycles. The molecule has 76 valence electrons. The Kier molecular flexibility index (Phi) is 2.53. The lowest BCUT2D eigenvalue weighted by molar-refractivity contribution is 0.480. The Balaban J connectivity index is 2.73. The molecule has 3 heteroatoms. The zero-order valence-corrected chi connectivity index (χ0v) is 11.4. The van der Waals surface area contributed by atoms with Crippen LogP contribution >= 0.6 is 31.9 Å². The van der Waals surface area contributed by atoms with Crippen LogP contribution in [0.3, 0.4) is 0 Å². The largest absolute Gasteiger partial charge is 0.324 e. The van der Waals surface area contributed by atoms with Crippen LogP contribution in [0.2, 0.25) is 0 Å². The maximum atomic E-state index is 6.14. The summed E-state index contributed by atoms with van der Waals surface area (Å²) in [5.41, 5.74) is 8.95. The van der Waals surface area contributed by atoms with Crippen molar-refractivity contribution < 1.29 is 0 Å². The molecule has 0 amide bonds. The van der Waals surface area contributed by atoms with Gasteiger partial charge in [-0.1, -0.05) is 45.7 Å². The maximum Gasteiger partial charge on any atom is 0.0317 e. The van der Waals surface area contributed by atoms with Gasteiger partial charge in [0.05, 0.1) is 0 Å². The van der Waals surface area contributed by atoms with Gasteiger partial charge in [0.15, 0.2) is 0 Å².